The molecule has 0 atom stereocenters. The summed E-state index contributed by atoms with van der Waals surface area (Å²) in [7, 11) is 0. The lowest BCUT2D eigenvalue weighted by Crippen LogP contribution is -2.27. The lowest BCUT2D eigenvalue weighted by Gasteiger charge is -2.17. The zero-order valence-corrected chi connectivity index (χ0v) is 10.7. The van der Waals surface area contributed by atoms with Crippen LogP contribution in [0.1, 0.15) is 36.7 Å². The van der Waals surface area contributed by atoms with Crippen molar-refractivity contribution in [1.29, 1.82) is 0 Å². The van der Waals surface area contributed by atoms with Crippen LogP contribution in [0.5, 0.6) is 5.75 Å². The number of amides is 1. The van der Waals surface area contributed by atoms with Crippen molar-refractivity contribution >= 4 is 5.91 Å². The summed E-state index contributed by atoms with van der Waals surface area (Å²) in [5, 5.41) is 0. The van der Waals surface area contributed by atoms with Crippen molar-refractivity contribution < 1.29 is 9.53 Å². The molecule has 0 unspecified atom stereocenters. The molecule has 0 bridgehead atoms. The second-order valence-electron chi connectivity index (χ2n) is 4.83. The fourth-order valence-corrected chi connectivity index (χ4v) is 2.18. The highest BCUT2D eigenvalue weighted by molar-refractivity contribution is 5.98. The van der Waals surface area contributed by atoms with E-state index in [-0.39, 0.29) is 5.91 Å². The number of rotatable bonds is 4. The summed E-state index contributed by atoms with van der Waals surface area (Å²) in [4.78, 5) is 14.1. The first kappa shape index (κ1) is 12.0. The van der Waals surface area contributed by atoms with E-state index in [1.165, 1.54) is 0 Å². The number of carbonyl (C=O) groups is 1. The van der Waals surface area contributed by atoms with Gasteiger partial charge in [0.2, 0.25) is 0 Å². The van der Waals surface area contributed by atoms with Crippen LogP contribution in [0.4, 0.5) is 0 Å². The van der Waals surface area contributed by atoms with Crippen LogP contribution in [0.3, 0.4) is 0 Å². The Morgan fingerprint density at radius 1 is 1.41 bits per heavy atom. The highest BCUT2D eigenvalue weighted by atomic mass is 16.5. The Balaban J connectivity index is 2.20. The van der Waals surface area contributed by atoms with Crippen molar-refractivity contribution in [3.63, 3.8) is 0 Å². The predicted molar refractivity (Wildman–Crippen MR) is 67.2 cm³/mol. The van der Waals surface area contributed by atoms with E-state index in [1.807, 2.05) is 30.0 Å². The second kappa shape index (κ2) is 4.78. The topological polar surface area (TPSA) is 29.5 Å². The Bertz CT molecular complexity index is 426. The van der Waals surface area contributed by atoms with Crippen molar-refractivity contribution in [2.75, 3.05) is 13.2 Å². The maximum Gasteiger partial charge on any atom is 0.254 e. The summed E-state index contributed by atoms with van der Waals surface area (Å²) in [6.07, 6.45) is 0. The van der Waals surface area contributed by atoms with E-state index in [1.54, 1.807) is 0 Å². The number of nitrogens with zero attached hydrogens (tertiary/aromatic N) is 1. The van der Waals surface area contributed by atoms with Gasteiger partial charge in [0, 0.05) is 18.7 Å². The molecule has 0 spiro atoms. The maximum absolute atomic E-state index is 12.2. The summed E-state index contributed by atoms with van der Waals surface area (Å²) in [5.41, 5.74) is 1.91. The predicted octanol–water partition coefficient (Wildman–Crippen LogP) is 2.70. The SMILES string of the molecule is CCOc1ccc2c(c1)C(=O)N(CC(C)C)C2. The molecular weight excluding hydrogens is 214 g/mol. The molecule has 0 fully saturated rings. The third-order valence-electron chi connectivity index (χ3n) is 2.86. The molecule has 2 rings (SSSR count). The molecule has 0 radical (unpaired) electrons. The monoisotopic (exact) mass is 233 g/mol. The summed E-state index contributed by atoms with van der Waals surface area (Å²) in [5.74, 6) is 1.42. The summed E-state index contributed by atoms with van der Waals surface area (Å²) in [6, 6.07) is 5.80. The van der Waals surface area contributed by atoms with Gasteiger partial charge in [-0.3, -0.25) is 4.79 Å². The molecule has 1 aromatic carbocycles. The van der Waals surface area contributed by atoms with Gasteiger partial charge in [-0.25, -0.2) is 0 Å². The highest BCUT2D eigenvalue weighted by Gasteiger charge is 2.27. The minimum absolute atomic E-state index is 0.134. The smallest absolute Gasteiger partial charge is 0.254 e. The molecule has 3 nitrogen and oxygen atoms in total. The van der Waals surface area contributed by atoms with Crippen LogP contribution >= 0.6 is 0 Å². The number of benzene rings is 1. The van der Waals surface area contributed by atoms with E-state index in [9.17, 15) is 4.79 Å². The zero-order chi connectivity index (χ0) is 12.4. The molecule has 3 heteroatoms. The van der Waals surface area contributed by atoms with E-state index >= 15 is 0 Å². The normalized spacial score (nSPS) is 14.4. The van der Waals surface area contributed by atoms with Gasteiger partial charge in [-0.2, -0.15) is 0 Å². The first-order chi connectivity index (χ1) is 8.11. The third kappa shape index (κ3) is 2.43. The first-order valence-corrected chi connectivity index (χ1v) is 6.16. The molecule has 0 aromatic heterocycles. The number of fused-ring (bicyclic) bond motifs is 1. The van der Waals surface area contributed by atoms with Gasteiger partial charge < -0.3 is 9.64 Å². The summed E-state index contributed by atoms with van der Waals surface area (Å²) < 4.78 is 5.43. The molecular formula is C14H19NO2. The molecule has 1 amide bonds. The van der Waals surface area contributed by atoms with Crippen molar-refractivity contribution in [3.8, 4) is 5.75 Å². The molecule has 0 aliphatic carbocycles. The van der Waals surface area contributed by atoms with Crippen molar-refractivity contribution in [2.45, 2.75) is 27.3 Å². The first-order valence-electron chi connectivity index (χ1n) is 6.16. The van der Waals surface area contributed by atoms with Crippen LogP contribution in [0.2, 0.25) is 0 Å². The number of ether oxygens (including phenoxy) is 1. The standard InChI is InChI=1S/C14H19NO2/c1-4-17-12-6-5-11-9-15(8-10(2)3)14(16)13(11)7-12/h5-7,10H,4,8-9H2,1-3H3. The van der Waals surface area contributed by atoms with Crippen molar-refractivity contribution in [2.24, 2.45) is 5.92 Å². The van der Waals surface area contributed by atoms with Gasteiger partial charge >= 0.3 is 0 Å². The minimum atomic E-state index is 0.134. The number of carbonyl (C=O) groups excluding carboxylic acids is 1. The van der Waals surface area contributed by atoms with E-state index in [0.29, 0.717) is 12.5 Å². The lowest BCUT2D eigenvalue weighted by molar-refractivity contribution is 0.0759. The fourth-order valence-electron chi connectivity index (χ4n) is 2.18. The number of hydrogen-bond donors (Lipinski definition) is 0. The fraction of sp³-hybridized carbons (Fsp3) is 0.500. The quantitative estimate of drug-likeness (QED) is 0.800. The lowest BCUT2D eigenvalue weighted by atomic mass is 10.1. The average Bonchev–Trinajstić information content (AvgIpc) is 2.56. The molecule has 1 aliphatic rings. The minimum Gasteiger partial charge on any atom is -0.494 e. The van der Waals surface area contributed by atoms with Crippen LogP contribution in [0.15, 0.2) is 18.2 Å². The van der Waals surface area contributed by atoms with Gasteiger partial charge in [-0.15, -0.1) is 0 Å². The van der Waals surface area contributed by atoms with Crippen LogP contribution in [-0.4, -0.2) is 24.0 Å². The maximum atomic E-state index is 12.2. The molecule has 17 heavy (non-hydrogen) atoms. The Morgan fingerprint density at radius 3 is 2.82 bits per heavy atom. The molecule has 1 aliphatic heterocycles. The summed E-state index contributed by atoms with van der Waals surface area (Å²) >= 11 is 0. The molecule has 0 saturated heterocycles. The van der Waals surface area contributed by atoms with Gasteiger partial charge in [0.1, 0.15) is 5.75 Å². The molecule has 0 saturated carbocycles. The Labute approximate surface area is 102 Å². The van der Waals surface area contributed by atoms with Crippen molar-refractivity contribution in [1.82, 2.24) is 4.90 Å². The average molecular weight is 233 g/mol. The van der Waals surface area contributed by atoms with Crippen LogP contribution in [0.25, 0.3) is 0 Å². The molecule has 1 heterocycles. The number of hydrogen-bond acceptors (Lipinski definition) is 2. The second-order valence-corrected chi connectivity index (χ2v) is 4.83. The molecule has 0 N–H and O–H groups in total. The largest absolute Gasteiger partial charge is 0.494 e. The van der Waals surface area contributed by atoms with Gasteiger partial charge in [-0.05, 0) is 30.5 Å². The summed E-state index contributed by atoms with van der Waals surface area (Å²) in [6.45, 7) is 8.38. The van der Waals surface area contributed by atoms with Crippen LogP contribution in [-0.2, 0) is 6.54 Å². The van der Waals surface area contributed by atoms with E-state index in [0.717, 1.165) is 30.0 Å². The Morgan fingerprint density at radius 2 is 2.18 bits per heavy atom. The van der Waals surface area contributed by atoms with E-state index in [4.69, 9.17) is 4.74 Å². The van der Waals surface area contributed by atoms with E-state index in [2.05, 4.69) is 13.8 Å². The van der Waals surface area contributed by atoms with Gasteiger partial charge in [0.15, 0.2) is 0 Å². The zero-order valence-electron chi connectivity index (χ0n) is 10.7. The third-order valence-corrected chi connectivity index (χ3v) is 2.86. The van der Waals surface area contributed by atoms with Crippen molar-refractivity contribution in [3.05, 3.63) is 29.3 Å². The Kier molecular flexibility index (Phi) is 3.36. The highest BCUT2D eigenvalue weighted by Crippen LogP contribution is 2.27. The van der Waals surface area contributed by atoms with E-state index < -0.39 is 0 Å². The van der Waals surface area contributed by atoms with Gasteiger partial charge in [-0.1, -0.05) is 19.9 Å². The molecule has 1 aromatic rings. The van der Waals surface area contributed by atoms with Gasteiger partial charge in [0.25, 0.3) is 5.91 Å². The van der Waals surface area contributed by atoms with Crippen LogP contribution in [0, 0.1) is 5.92 Å². The molecule has 92 valence electrons. The van der Waals surface area contributed by atoms with Gasteiger partial charge in [0.05, 0.1) is 6.61 Å². The Hall–Kier alpha value is -1.51. The van der Waals surface area contributed by atoms with Crippen LogP contribution < -0.4 is 4.74 Å².